The number of benzene rings is 2. The number of hydrogen-bond acceptors (Lipinski definition) is 4. The SMILES string of the molecule is COC(=O)[C@H](Cc1c[nH]c2ccccc12)NC(=O)[C@@](F)(C#N)c1ccc(C)cc1. The molecular formula is C22H20FN3O3. The number of aromatic amines is 1. The lowest BCUT2D eigenvalue weighted by Gasteiger charge is -2.22. The Hall–Kier alpha value is -3.66. The molecule has 7 heteroatoms. The number of esters is 1. The molecule has 0 aliphatic carbocycles. The summed E-state index contributed by atoms with van der Waals surface area (Å²) in [6.07, 6.45) is 1.80. The number of amides is 1. The molecule has 3 aromatic rings. The Morgan fingerprint density at radius 2 is 1.93 bits per heavy atom. The minimum Gasteiger partial charge on any atom is -0.467 e. The van der Waals surface area contributed by atoms with Gasteiger partial charge in [0.25, 0.3) is 11.6 Å². The van der Waals surface area contributed by atoms with Crippen molar-refractivity contribution in [2.24, 2.45) is 0 Å². The van der Waals surface area contributed by atoms with Gasteiger partial charge >= 0.3 is 5.97 Å². The Labute approximate surface area is 167 Å². The standard InChI is InChI=1S/C22H20FN3O3/c1-14-7-9-16(10-8-14)22(23,13-24)21(28)26-19(20(27)29-2)11-15-12-25-18-6-4-3-5-17(15)18/h3-10,12,19,25H,11H2,1-2H3,(H,26,28)/t19-,22+/m0/s1. The zero-order valence-corrected chi connectivity index (χ0v) is 16.0. The zero-order chi connectivity index (χ0) is 21.0. The maximum absolute atomic E-state index is 15.3. The highest BCUT2D eigenvalue weighted by Gasteiger charge is 2.43. The predicted octanol–water partition coefficient (Wildman–Crippen LogP) is 3.07. The number of carbonyl (C=O) groups is 2. The van der Waals surface area contributed by atoms with Crippen molar-refractivity contribution in [1.82, 2.24) is 10.3 Å². The number of nitrogens with zero attached hydrogens (tertiary/aromatic N) is 1. The van der Waals surface area contributed by atoms with Gasteiger partial charge in [0.2, 0.25) is 0 Å². The molecule has 0 aliphatic rings. The van der Waals surface area contributed by atoms with Crippen molar-refractivity contribution < 1.29 is 18.7 Å². The summed E-state index contributed by atoms with van der Waals surface area (Å²) in [5, 5.41) is 12.6. The first-order chi connectivity index (χ1) is 13.9. The molecule has 1 amide bonds. The van der Waals surface area contributed by atoms with Gasteiger partial charge in [-0.2, -0.15) is 5.26 Å². The fourth-order valence-corrected chi connectivity index (χ4v) is 3.14. The Morgan fingerprint density at radius 1 is 1.24 bits per heavy atom. The molecule has 0 saturated heterocycles. The van der Waals surface area contributed by atoms with Gasteiger partial charge in [0, 0.05) is 29.1 Å². The lowest BCUT2D eigenvalue weighted by Crippen LogP contribution is -2.49. The maximum Gasteiger partial charge on any atom is 0.328 e. The van der Waals surface area contributed by atoms with Gasteiger partial charge in [-0.3, -0.25) is 4.79 Å². The average Bonchev–Trinajstić information content (AvgIpc) is 3.15. The van der Waals surface area contributed by atoms with Crippen molar-refractivity contribution in [3.8, 4) is 6.07 Å². The summed E-state index contributed by atoms with van der Waals surface area (Å²) in [4.78, 5) is 28.0. The van der Waals surface area contributed by atoms with Crippen LogP contribution >= 0.6 is 0 Å². The van der Waals surface area contributed by atoms with E-state index in [1.807, 2.05) is 31.2 Å². The summed E-state index contributed by atoms with van der Waals surface area (Å²) in [7, 11) is 1.18. The van der Waals surface area contributed by atoms with Gasteiger partial charge in [0.1, 0.15) is 12.1 Å². The maximum atomic E-state index is 15.3. The number of methoxy groups -OCH3 is 1. The number of aryl methyl sites for hydroxylation is 1. The summed E-state index contributed by atoms with van der Waals surface area (Å²) in [5.41, 5.74) is -0.540. The predicted molar refractivity (Wildman–Crippen MR) is 106 cm³/mol. The van der Waals surface area contributed by atoms with Crippen LogP contribution in [0.4, 0.5) is 4.39 Å². The van der Waals surface area contributed by atoms with E-state index in [4.69, 9.17) is 4.74 Å². The molecule has 0 unspecified atom stereocenters. The van der Waals surface area contributed by atoms with E-state index in [-0.39, 0.29) is 12.0 Å². The highest BCUT2D eigenvalue weighted by atomic mass is 19.1. The summed E-state index contributed by atoms with van der Waals surface area (Å²) in [6, 6.07) is 13.7. The van der Waals surface area contributed by atoms with E-state index in [0.717, 1.165) is 22.0 Å². The number of H-pyrrole nitrogens is 1. The van der Waals surface area contributed by atoms with Gasteiger partial charge in [-0.25, -0.2) is 9.18 Å². The van der Waals surface area contributed by atoms with Crippen LogP contribution in [-0.4, -0.2) is 30.0 Å². The van der Waals surface area contributed by atoms with Gasteiger partial charge in [-0.15, -0.1) is 0 Å². The number of halogens is 1. The number of hydrogen-bond donors (Lipinski definition) is 2. The smallest absolute Gasteiger partial charge is 0.328 e. The molecule has 0 bridgehead atoms. The number of rotatable bonds is 6. The quantitative estimate of drug-likeness (QED) is 0.629. The fourth-order valence-electron chi connectivity index (χ4n) is 3.14. The van der Waals surface area contributed by atoms with Crippen LogP contribution < -0.4 is 5.32 Å². The first kappa shape index (κ1) is 20.1. The average molecular weight is 393 g/mol. The second-order valence-electron chi connectivity index (χ2n) is 6.75. The van der Waals surface area contributed by atoms with Crippen LogP contribution in [0.2, 0.25) is 0 Å². The van der Waals surface area contributed by atoms with Crippen molar-refractivity contribution in [1.29, 1.82) is 5.26 Å². The van der Waals surface area contributed by atoms with E-state index in [1.54, 1.807) is 18.3 Å². The Balaban J connectivity index is 1.87. The molecule has 2 aromatic carbocycles. The van der Waals surface area contributed by atoms with E-state index in [1.165, 1.54) is 25.3 Å². The van der Waals surface area contributed by atoms with Crippen LogP contribution in [0.15, 0.2) is 54.7 Å². The molecule has 0 aliphatic heterocycles. The zero-order valence-electron chi connectivity index (χ0n) is 16.0. The number of aromatic nitrogens is 1. The second kappa shape index (κ2) is 8.15. The highest BCUT2D eigenvalue weighted by Crippen LogP contribution is 2.27. The molecule has 1 aromatic heterocycles. The van der Waals surface area contributed by atoms with Gasteiger partial charge in [0.05, 0.1) is 7.11 Å². The minimum atomic E-state index is -2.93. The number of fused-ring (bicyclic) bond motifs is 1. The molecule has 3 rings (SSSR count). The third-order valence-corrected chi connectivity index (χ3v) is 4.81. The molecule has 1 heterocycles. The number of alkyl halides is 1. The van der Waals surface area contributed by atoms with E-state index in [2.05, 4.69) is 10.3 Å². The first-order valence-corrected chi connectivity index (χ1v) is 9.00. The highest BCUT2D eigenvalue weighted by molar-refractivity contribution is 5.93. The van der Waals surface area contributed by atoms with Crippen LogP contribution in [0.25, 0.3) is 10.9 Å². The van der Waals surface area contributed by atoms with Gasteiger partial charge in [-0.1, -0.05) is 48.0 Å². The van der Waals surface area contributed by atoms with Crippen molar-refractivity contribution in [3.63, 3.8) is 0 Å². The summed E-state index contributed by atoms with van der Waals surface area (Å²) in [5.74, 6) is -1.94. The van der Waals surface area contributed by atoms with E-state index in [9.17, 15) is 14.9 Å². The Morgan fingerprint density at radius 3 is 2.59 bits per heavy atom. The molecule has 0 saturated carbocycles. The van der Waals surface area contributed by atoms with E-state index in [0.29, 0.717) is 0 Å². The van der Waals surface area contributed by atoms with Gasteiger partial charge < -0.3 is 15.0 Å². The van der Waals surface area contributed by atoms with Gasteiger partial charge in [0.15, 0.2) is 0 Å². The number of ether oxygens (including phenoxy) is 1. The molecule has 2 atom stereocenters. The van der Waals surface area contributed by atoms with Crippen LogP contribution in [0.1, 0.15) is 16.7 Å². The van der Waals surface area contributed by atoms with Crippen LogP contribution in [0.3, 0.4) is 0 Å². The Bertz CT molecular complexity index is 1080. The van der Waals surface area contributed by atoms with Crippen LogP contribution in [0.5, 0.6) is 0 Å². The van der Waals surface area contributed by atoms with Crippen molar-refractivity contribution in [2.45, 2.75) is 25.1 Å². The molecule has 2 N–H and O–H groups in total. The topological polar surface area (TPSA) is 95.0 Å². The monoisotopic (exact) mass is 393 g/mol. The lowest BCUT2D eigenvalue weighted by atomic mass is 9.94. The fraction of sp³-hybridized carbons (Fsp3) is 0.227. The molecule has 0 spiro atoms. The van der Waals surface area contributed by atoms with E-state index < -0.39 is 23.6 Å². The first-order valence-electron chi connectivity index (χ1n) is 9.00. The van der Waals surface area contributed by atoms with Crippen molar-refractivity contribution in [2.75, 3.05) is 7.11 Å². The third-order valence-electron chi connectivity index (χ3n) is 4.81. The van der Waals surface area contributed by atoms with Gasteiger partial charge in [-0.05, 0) is 18.6 Å². The minimum absolute atomic E-state index is 0.0812. The normalized spacial score (nSPS) is 13.9. The summed E-state index contributed by atoms with van der Waals surface area (Å²) < 4.78 is 20.1. The van der Waals surface area contributed by atoms with Crippen molar-refractivity contribution in [3.05, 3.63) is 71.4 Å². The Kier molecular flexibility index (Phi) is 5.64. The molecule has 6 nitrogen and oxygen atoms in total. The number of carbonyl (C=O) groups excluding carboxylic acids is 2. The van der Waals surface area contributed by atoms with Crippen LogP contribution in [-0.2, 0) is 26.4 Å². The van der Waals surface area contributed by atoms with Crippen LogP contribution in [0, 0.1) is 18.3 Å². The van der Waals surface area contributed by atoms with Crippen molar-refractivity contribution >= 4 is 22.8 Å². The molecule has 148 valence electrons. The molecule has 0 radical (unpaired) electrons. The number of nitrogens with one attached hydrogen (secondary N) is 2. The third kappa shape index (κ3) is 3.97. The molecule has 0 fully saturated rings. The summed E-state index contributed by atoms with van der Waals surface area (Å²) in [6.45, 7) is 1.81. The summed E-state index contributed by atoms with van der Waals surface area (Å²) >= 11 is 0. The largest absolute Gasteiger partial charge is 0.467 e. The number of nitriles is 1. The number of para-hydroxylation sites is 1. The molecule has 29 heavy (non-hydrogen) atoms. The van der Waals surface area contributed by atoms with E-state index >= 15 is 4.39 Å². The molecular weight excluding hydrogens is 373 g/mol. The lowest BCUT2D eigenvalue weighted by molar-refractivity contribution is -0.146. The second-order valence-corrected chi connectivity index (χ2v) is 6.75.